The molecule has 2 atom stereocenters. The number of hydrogen-bond acceptors (Lipinski definition) is 3. The number of thioether (sulfide) groups is 1. The van der Waals surface area contributed by atoms with Gasteiger partial charge in [0.25, 0.3) is 0 Å². The first-order valence-electron chi connectivity index (χ1n) is 5.67. The van der Waals surface area contributed by atoms with Crippen molar-refractivity contribution in [3.8, 4) is 0 Å². The molecule has 1 heterocycles. The number of carbonyl (C=O) groups excluding carboxylic acids is 1. The van der Waals surface area contributed by atoms with Gasteiger partial charge in [-0.05, 0) is 19.1 Å². The highest BCUT2D eigenvalue weighted by Crippen LogP contribution is 2.40. The molecule has 1 aliphatic heterocycles. The summed E-state index contributed by atoms with van der Waals surface area (Å²) in [6, 6.07) is 8.51. The molecule has 0 amide bonds. The van der Waals surface area contributed by atoms with E-state index >= 15 is 0 Å². The molecule has 2 unspecified atom stereocenters. The summed E-state index contributed by atoms with van der Waals surface area (Å²) in [6.07, 6.45) is 6.09. The van der Waals surface area contributed by atoms with Crippen molar-refractivity contribution in [2.24, 2.45) is 0 Å². The molecule has 0 aromatic heterocycles. The average Bonchev–Trinajstić information content (AvgIpc) is 2.35. The van der Waals surface area contributed by atoms with Crippen LogP contribution in [0.4, 0.5) is 5.69 Å². The summed E-state index contributed by atoms with van der Waals surface area (Å²) in [6.45, 7) is 1.61. The molecule has 2 aliphatic rings. The number of rotatable bonds is 1. The van der Waals surface area contributed by atoms with Gasteiger partial charge in [0.15, 0.2) is 5.78 Å². The third-order valence-electron chi connectivity index (χ3n) is 3.06. The lowest BCUT2D eigenvalue weighted by atomic mass is 9.99. The molecule has 3 heteroatoms. The number of benzene rings is 1. The van der Waals surface area contributed by atoms with Gasteiger partial charge in [-0.1, -0.05) is 30.4 Å². The third-order valence-corrected chi connectivity index (χ3v) is 4.39. The Hall–Kier alpha value is -1.48. The third kappa shape index (κ3) is 1.91. The van der Waals surface area contributed by atoms with E-state index in [1.54, 1.807) is 6.92 Å². The summed E-state index contributed by atoms with van der Waals surface area (Å²) >= 11 is 1.85. The maximum Gasteiger partial charge on any atom is 0.159 e. The predicted octanol–water partition coefficient (Wildman–Crippen LogP) is 3.03. The van der Waals surface area contributed by atoms with Crippen LogP contribution in [0.5, 0.6) is 0 Å². The minimum absolute atomic E-state index is 0.130. The second-order valence-electron chi connectivity index (χ2n) is 4.29. The van der Waals surface area contributed by atoms with E-state index in [-0.39, 0.29) is 11.8 Å². The van der Waals surface area contributed by atoms with Crippen LogP contribution in [0.15, 0.2) is 53.0 Å². The highest BCUT2D eigenvalue weighted by atomic mass is 32.2. The zero-order chi connectivity index (χ0) is 11.8. The SMILES string of the molecule is CC(=O)C1=CC2Nc3ccccc3SC2C=C1. The number of carbonyl (C=O) groups is 1. The largest absolute Gasteiger partial charge is 0.376 e. The molecular formula is C14H13NOS. The lowest BCUT2D eigenvalue weighted by Crippen LogP contribution is -2.34. The maximum absolute atomic E-state index is 11.4. The average molecular weight is 243 g/mol. The summed E-state index contributed by atoms with van der Waals surface area (Å²) in [4.78, 5) is 12.6. The second kappa shape index (κ2) is 4.08. The van der Waals surface area contributed by atoms with E-state index in [2.05, 4.69) is 29.6 Å². The van der Waals surface area contributed by atoms with E-state index < -0.39 is 0 Å². The fraction of sp³-hybridized carbons (Fsp3) is 0.214. The van der Waals surface area contributed by atoms with Crippen molar-refractivity contribution in [1.82, 2.24) is 0 Å². The van der Waals surface area contributed by atoms with Gasteiger partial charge in [0.1, 0.15) is 0 Å². The Balaban J connectivity index is 1.94. The first-order chi connectivity index (χ1) is 8.24. The molecule has 1 aromatic carbocycles. The van der Waals surface area contributed by atoms with Gasteiger partial charge in [-0.15, -0.1) is 11.8 Å². The van der Waals surface area contributed by atoms with Crippen LogP contribution in [0, 0.1) is 0 Å². The van der Waals surface area contributed by atoms with Gasteiger partial charge in [0.2, 0.25) is 0 Å². The zero-order valence-corrected chi connectivity index (χ0v) is 10.3. The highest BCUT2D eigenvalue weighted by Gasteiger charge is 2.28. The van der Waals surface area contributed by atoms with Gasteiger partial charge in [0.05, 0.1) is 11.3 Å². The van der Waals surface area contributed by atoms with Crippen molar-refractivity contribution < 1.29 is 4.79 Å². The number of hydrogen-bond donors (Lipinski definition) is 1. The lowest BCUT2D eigenvalue weighted by molar-refractivity contribution is -0.113. The minimum Gasteiger partial charge on any atom is -0.376 e. The van der Waals surface area contributed by atoms with Crippen molar-refractivity contribution in [2.45, 2.75) is 23.1 Å². The van der Waals surface area contributed by atoms with Crippen LogP contribution in [-0.2, 0) is 4.79 Å². The fourth-order valence-electron chi connectivity index (χ4n) is 2.15. The normalized spacial score (nSPS) is 25.4. The van der Waals surface area contributed by atoms with Crippen LogP contribution < -0.4 is 5.32 Å². The molecule has 3 rings (SSSR count). The smallest absolute Gasteiger partial charge is 0.159 e. The highest BCUT2D eigenvalue weighted by molar-refractivity contribution is 8.00. The topological polar surface area (TPSA) is 29.1 Å². The molecule has 17 heavy (non-hydrogen) atoms. The van der Waals surface area contributed by atoms with Crippen LogP contribution in [-0.4, -0.2) is 17.1 Å². The van der Waals surface area contributed by atoms with Crippen molar-refractivity contribution in [3.05, 3.63) is 48.1 Å². The number of fused-ring (bicyclic) bond motifs is 2. The van der Waals surface area contributed by atoms with Gasteiger partial charge in [0, 0.05) is 16.2 Å². The summed E-state index contributed by atoms with van der Waals surface area (Å²) in [7, 11) is 0. The molecule has 86 valence electrons. The molecule has 0 bridgehead atoms. The van der Waals surface area contributed by atoms with Gasteiger partial charge in [-0.3, -0.25) is 4.79 Å². The molecule has 0 fully saturated rings. The zero-order valence-electron chi connectivity index (χ0n) is 9.51. The van der Waals surface area contributed by atoms with Crippen LogP contribution in [0.1, 0.15) is 6.92 Å². The Kier molecular flexibility index (Phi) is 2.56. The summed E-state index contributed by atoms with van der Waals surface area (Å²) < 4.78 is 0. The Labute approximate surface area is 105 Å². The molecule has 2 nitrogen and oxygen atoms in total. The van der Waals surface area contributed by atoms with Crippen LogP contribution in [0.25, 0.3) is 0 Å². The van der Waals surface area contributed by atoms with Crippen molar-refractivity contribution in [3.63, 3.8) is 0 Å². The Morgan fingerprint density at radius 2 is 2.18 bits per heavy atom. The standard InChI is InChI=1S/C14H13NOS/c1-9(16)10-6-7-14-12(8-10)15-11-4-2-3-5-13(11)17-14/h2-8,12,14-15H,1H3. The van der Waals surface area contributed by atoms with Gasteiger partial charge < -0.3 is 5.32 Å². The number of para-hydroxylation sites is 1. The van der Waals surface area contributed by atoms with E-state index in [4.69, 9.17) is 0 Å². The van der Waals surface area contributed by atoms with E-state index in [1.807, 2.05) is 30.0 Å². The van der Waals surface area contributed by atoms with Crippen molar-refractivity contribution in [1.29, 1.82) is 0 Å². The molecular weight excluding hydrogens is 230 g/mol. The number of nitrogens with one attached hydrogen (secondary N) is 1. The van der Waals surface area contributed by atoms with Gasteiger partial charge >= 0.3 is 0 Å². The van der Waals surface area contributed by atoms with E-state index in [9.17, 15) is 4.79 Å². The van der Waals surface area contributed by atoms with E-state index in [0.29, 0.717) is 5.25 Å². The van der Waals surface area contributed by atoms with Gasteiger partial charge in [-0.25, -0.2) is 0 Å². The number of anilines is 1. The van der Waals surface area contributed by atoms with E-state index in [0.717, 1.165) is 11.3 Å². The second-order valence-corrected chi connectivity index (χ2v) is 5.51. The molecule has 0 radical (unpaired) electrons. The van der Waals surface area contributed by atoms with Crippen LogP contribution >= 0.6 is 11.8 Å². The first kappa shape index (κ1) is 10.7. The molecule has 1 N–H and O–H groups in total. The van der Waals surface area contributed by atoms with Crippen LogP contribution in [0.2, 0.25) is 0 Å². The Morgan fingerprint density at radius 3 is 3.00 bits per heavy atom. The molecule has 0 saturated heterocycles. The van der Waals surface area contributed by atoms with Crippen LogP contribution in [0.3, 0.4) is 0 Å². The Morgan fingerprint density at radius 1 is 1.35 bits per heavy atom. The first-order valence-corrected chi connectivity index (χ1v) is 6.55. The quantitative estimate of drug-likeness (QED) is 0.822. The molecule has 0 spiro atoms. The van der Waals surface area contributed by atoms with E-state index in [1.165, 1.54) is 4.90 Å². The summed E-state index contributed by atoms with van der Waals surface area (Å²) in [5.74, 6) is 0.130. The summed E-state index contributed by atoms with van der Waals surface area (Å²) in [5, 5.41) is 3.87. The molecule has 1 aliphatic carbocycles. The minimum atomic E-state index is 0.130. The number of Topliss-reactive ketones (excluding diaryl/α,β-unsaturated/α-hetero) is 1. The molecule has 1 aromatic rings. The lowest BCUT2D eigenvalue weighted by Gasteiger charge is -2.32. The fourth-order valence-corrected chi connectivity index (χ4v) is 3.30. The number of ketones is 1. The number of allylic oxidation sites excluding steroid dienone is 2. The molecule has 0 saturated carbocycles. The Bertz CT molecular complexity index is 533. The maximum atomic E-state index is 11.4. The van der Waals surface area contributed by atoms with Crippen molar-refractivity contribution in [2.75, 3.05) is 5.32 Å². The van der Waals surface area contributed by atoms with Gasteiger partial charge in [-0.2, -0.15) is 0 Å². The predicted molar refractivity (Wildman–Crippen MR) is 71.4 cm³/mol. The summed E-state index contributed by atoms with van der Waals surface area (Å²) in [5.41, 5.74) is 1.96. The van der Waals surface area contributed by atoms with Crippen molar-refractivity contribution >= 4 is 23.2 Å². The monoisotopic (exact) mass is 243 g/mol.